The van der Waals surface area contributed by atoms with Gasteiger partial charge in [-0.2, -0.15) is 4.99 Å². The molecule has 0 unspecified atom stereocenters. The Morgan fingerprint density at radius 3 is 2.54 bits per heavy atom. The Balaban J connectivity index is 1.57. The van der Waals surface area contributed by atoms with Crippen LogP contribution in [0.5, 0.6) is 0 Å². The second-order valence-corrected chi connectivity index (χ2v) is 10.7. The molecular weight excluding hydrogens is 416 g/mol. The van der Waals surface area contributed by atoms with Crippen LogP contribution in [-0.4, -0.2) is 53.7 Å². The first kappa shape index (κ1) is 19.5. The highest BCUT2D eigenvalue weighted by Gasteiger charge is 2.48. The fourth-order valence-electron chi connectivity index (χ4n) is 3.54. The summed E-state index contributed by atoms with van der Waals surface area (Å²) in [4.78, 5) is 18.9. The number of sulfone groups is 1. The highest BCUT2D eigenvalue weighted by Crippen LogP contribution is 2.38. The van der Waals surface area contributed by atoms with Gasteiger partial charge in [-0.3, -0.25) is 4.79 Å². The Morgan fingerprint density at radius 1 is 1.11 bits per heavy atom. The van der Waals surface area contributed by atoms with Gasteiger partial charge in [0.2, 0.25) is 0 Å². The fraction of sp³-hybridized carbons (Fsp3) is 0.300. The zero-order valence-electron chi connectivity index (χ0n) is 15.0. The molecule has 1 amide bonds. The van der Waals surface area contributed by atoms with Crippen molar-refractivity contribution in [3.8, 4) is 0 Å². The number of rotatable bonds is 4. The molecule has 2 aliphatic rings. The number of halogens is 1. The van der Waals surface area contributed by atoms with Crippen molar-refractivity contribution >= 4 is 44.3 Å². The van der Waals surface area contributed by atoms with Crippen LogP contribution in [0, 0.1) is 0 Å². The van der Waals surface area contributed by atoms with Crippen LogP contribution in [0.4, 0.5) is 0 Å². The molecule has 0 spiro atoms. The van der Waals surface area contributed by atoms with Gasteiger partial charge >= 0.3 is 0 Å². The Labute approximate surface area is 173 Å². The average Bonchev–Trinajstić information content (AvgIpc) is 3.12. The largest absolute Gasteiger partial charge is 0.346 e. The summed E-state index contributed by atoms with van der Waals surface area (Å²) in [7, 11) is -3.05. The van der Waals surface area contributed by atoms with E-state index in [1.165, 1.54) is 17.3 Å². The van der Waals surface area contributed by atoms with Crippen molar-refractivity contribution in [2.75, 3.05) is 18.1 Å². The molecule has 2 aromatic carbocycles. The van der Waals surface area contributed by atoms with Crippen molar-refractivity contribution in [2.24, 2.45) is 4.99 Å². The number of amidine groups is 1. The first-order valence-electron chi connectivity index (χ1n) is 8.97. The lowest BCUT2D eigenvalue weighted by molar-refractivity contribution is 0.100. The van der Waals surface area contributed by atoms with Gasteiger partial charge in [0, 0.05) is 22.4 Å². The third-order valence-electron chi connectivity index (χ3n) is 4.95. The Bertz CT molecular complexity index is 1010. The Morgan fingerprint density at radius 2 is 1.82 bits per heavy atom. The van der Waals surface area contributed by atoms with E-state index in [4.69, 9.17) is 11.6 Å². The number of carbonyl (C=O) groups excluding carboxylic acids is 1. The summed E-state index contributed by atoms with van der Waals surface area (Å²) in [6.07, 6.45) is 0.763. The van der Waals surface area contributed by atoms with Crippen molar-refractivity contribution in [1.82, 2.24) is 4.90 Å². The minimum Gasteiger partial charge on any atom is -0.346 e. The molecule has 2 fully saturated rings. The lowest BCUT2D eigenvalue weighted by Gasteiger charge is -2.24. The van der Waals surface area contributed by atoms with E-state index < -0.39 is 9.84 Å². The van der Waals surface area contributed by atoms with Crippen molar-refractivity contribution in [1.29, 1.82) is 0 Å². The molecule has 146 valence electrons. The highest BCUT2D eigenvalue weighted by molar-refractivity contribution is 8.15. The third-order valence-corrected chi connectivity index (χ3v) is 8.45. The predicted octanol–water partition coefficient (Wildman–Crippen LogP) is 3.29. The number of fused-ring (bicyclic) bond motifs is 1. The molecule has 0 N–H and O–H groups in total. The molecule has 2 aliphatic heterocycles. The molecule has 0 aromatic heterocycles. The molecular formula is C20H19ClN2O3S2. The average molecular weight is 435 g/mol. The molecule has 2 atom stereocenters. The van der Waals surface area contributed by atoms with E-state index in [-0.39, 0.29) is 28.7 Å². The number of hydrogen-bond donors (Lipinski definition) is 0. The smallest absolute Gasteiger partial charge is 0.279 e. The summed E-state index contributed by atoms with van der Waals surface area (Å²) >= 11 is 7.29. The maximum absolute atomic E-state index is 12.6. The zero-order valence-corrected chi connectivity index (χ0v) is 17.4. The number of thioether (sulfide) groups is 1. The maximum atomic E-state index is 12.6. The van der Waals surface area contributed by atoms with Crippen LogP contribution in [0.2, 0.25) is 5.02 Å². The summed E-state index contributed by atoms with van der Waals surface area (Å²) in [5, 5.41) is 1.10. The van der Waals surface area contributed by atoms with E-state index in [9.17, 15) is 13.2 Å². The van der Waals surface area contributed by atoms with Crippen molar-refractivity contribution < 1.29 is 13.2 Å². The molecule has 0 aliphatic carbocycles. The van der Waals surface area contributed by atoms with Gasteiger partial charge in [-0.25, -0.2) is 8.42 Å². The molecule has 0 bridgehead atoms. The van der Waals surface area contributed by atoms with Gasteiger partial charge in [-0.15, -0.1) is 0 Å². The molecule has 2 saturated heterocycles. The van der Waals surface area contributed by atoms with Gasteiger partial charge < -0.3 is 4.90 Å². The second kappa shape index (κ2) is 7.89. The van der Waals surface area contributed by atoms with Crippen molar-refractivity contribution in [3.63, 3.8) is 0 Å². The van der Waals surface area contributed by atoms with E-state index >= 15 is 0 Å². The minimum absolute atomic E-state index is 0.0717. The van der Waals surface area contributed by atoms with Crippen LogP contribution in [0.25, 0.3) is 0 Å². The molecule has 8 heteroatoms. The minimum atomic E-state index is -3.05. The Kier molecular flexibility index (Phi) is 5.49. The molecule has 2 aromatic rings. The van der Waals surface area contributed by atoms with E-state index in [2.05, 4.69) is 4.99 Å². The first-order chi connectivity index (χ1) is 13.4. The molecule has 2 heterocycles. The molecule has 0 radical (unpaired) electrons. The van der Waals surface area contributed by atoms with Gasteiger partial charge in [0.1, 0.15) is 0 Å². The lowest BCUT2D eigenvalue weighted by Crippen LogP contribution is -2.39. The van der Waals surface area contributed by atoms with E-state index in [1.54, 1.807) is 24.3 Å². The maximum Gasteiger partial charge on any atom is 0.279 e. The second-order valence-electron chi connectivity index (χ2n) is 6.94. The van der Waals surface area contributed by atoms with E-state index in [1.807, 2.05) is 35.2 Å². The van der Waals surface area contributed by atoms with Crippen LogP contribution in [-0.2, 0) is 16.3 Å². The number of hydrogen-bond acceptors (Lipinski definition) is 4. The third kappa shape index (κ3) is 4.26. The summed E-state index contributed by atoms with van der Waals surface area (Å²) in [5.74, 6) is -0.0851. The van der Waals surface area contributed by atoms with Crippen LogP contribution >= 0.6 is 23.4 Å². The molecule has 0 saturated carbocycles. The number of aliphatic imine (C=N–C) groups is 1. The first-order valence-corrected chi connectivity index (χ1v) is 12.1. The normalized spacial score (nSPS) is 24.5. The van der Waals surface area contributed by atoms with Crippen LogP contribution in [0.3, 0.4) is 0 Å². The van der Waals surface area contributed by atoms with Crippen molar-refractivity contribution in [2.45, 2.75) is 17.7 Å². The standard InChI is InChI=1S/C20H19ClN2O3S2/c21-16-8-6-15(7-9-16)19(24)22-20-23(11-10-14-4-2-1-3-5-14)17-12-28(25,26)13-18(17)27-20/h1-9,17-18H,10-13H2/t17-,18+/m0/s1. The van der Waals surface area contributed by atoms with Crippen LogP contribution in [0.1, 0.15) is 15.9 Å². The monoisotopic (exact) mass is 434 g/mol. The van der Waals surface area contributed by atoms with Gasteiger partial charge in [-0.1, -0.05) is 53.7 Å². The van der Waals surface area contributed by atoms with Gasteiger partial charge in [0.25, 0.3) is 5.91 Å². The number of carbonyl (C=O) groups is 1. The Hall–Kier alpha value is -1.83. The predicted molar refractivity (Wildman–Crippen MR) is 114 cm³/mol. The summed E-state index contributed by atoms with van der Waals surface area (Å²) < 4.78 is 24.2. The van der Waals surface area contributed by atoms with Crippen LogP contribution < -0.4 is 0 Å². The van der Waals surface area contributed by atoms with Crippen molar-refractivity contribution in [3.05, 3.63) is 70.7 Å². The fourth-order valence-corrected chi connectivity index (χ4v) is 7.64. The zero-order chi connectivity index (χ0) is 19.7. The quantitative estimate of drug-likeness (QED) is 0.738. The number of benzene rings is 2. The molecule has 28 heavy (non-hydrogen) atoms. The van der Waals surface area contributed by atoms with E-state index in [0.29, 0.717) is 22.3 Å². The lowest BCUT2D eigenvalue weighted by atomic mass is 10.1. The summed E-state index contributed by atoms with van der Waals surface area (Å²) in [6.45, 7) is 0.625. The van der Waals surface area contributed by atoms with Gasteiger partial charge in [-0.05, 0) is 36.2 Å². The van der Waals surface area contributed by atoms with Gasteiger partial charge in [0.15, 0.2) is 15.0 Å². The highest BCUT2D eigenvalue weighted by atomic mass is 35.5. The summed E-state index contributed by atoms with van der Waals surface area (Å²) in [6, 6.07) is 16.5. The molecule has 5 nitrogen and oxygen atoms in total. The van der Waals surface area contributed by atoms with Gasteiger partial charge in [0.05, 0.1) is 17.5 Å². The van der Waals surface area contributed by atoms with E-state index in [0.717, 1.165) is 6.42 Å². The number of nitrogens with zero attached hydrogens (tertiary/aromatic N) is 2. The SMILES string of the molecule is O=C(N=C1S[C@@H]2CS(=O)(=O)C[C@@H]2N1CCc1ccccc1)c1ccc(Cl)cc1. The van der Waals surface area contributed by atoms with Crippen LogP contribution in [0.15, 0.2) is 59.6 Å². The topological polar surface area (TPSA) is 66.8 Å². The number of amides is 1. The molecule has 4 rings (SSSR count). The summed E-state index contributed by atoms with van der Waals surface area (Å²) in [5.41, 5.74) is 1.63.